The fraction of sp³-hybridized carbons (Fsp3) is 0.200. The molecule has 0 fully saturated rings. The lowest BCUT2D eigenvalue weighted by atomic mass is 10.3. The van der Waals surface area contributed by atoms with Gasteiger partial charge in [0.05, 0.1) is 0 Å². The summed E-state index contributed by atoms with van der Waals surface area (Å²) >= 11 is 8.10. The summed E-state index contributed by atoms with van der Waals surface area (Å²) in [5, 5.41) is 4.07. The van der Waals surface area contributed by atoms with Crippen molar-refractivity contribution < 1.29 is 0 Å². The largest absolute Gasteiger partial charge is 0.381 e. The monoisotopic (exact) mass is 307 g/mol. The van der Waals surface area contributed by atoms with Gasteiger partial charge >= 0.3 is 0 Å². The van der Waals surface area contributed by atoms with Gasteiger partial charge in [-0.2, -0.15) is 0 Å². The standard InChI is InChI=1S/C10H11ClIN/c1-2-3-6-13-10-5-4-8(11)7-9(10)12/h2-5,7,13H,6H2,1H3/b3-2+. The Morgan fingerprint density at radius 2 is 2.31 bits per heavy atom. The van der Waals surface area contributed by atoms with E-state index in [4.69, 9.17) is 11.6 Å². The summed E-state index contributed by atoms with van der Waals surface area (Å²) in [5.74, 6) is 0. The van der Waals surface area contributed by atoms with Crippen LogP contribution in [0.5, 0.6) is 0 Å². The first-order valence-corrected chi connectivity index (χ1v) is 5.50. The Morgan fingerprint density at radius 1 is 1.54 bits per heavy atom. The Balaban J connectivity index is 2.66. The molecule has 0 spiro atoms. The van der Waals surface area contributed by atoms with E-state index in [1.807, 2.05) is 31.2 Å². The highest BCUT2D eigenvalue weighted by Crippen LogP contribution is 2.21. The van der Waals surface area contributed by atoms with Crippen LogP contribution in [0.4, 0.5) is 5.69 Å². The summed E-state index contributed by atoms with van der Waals surface area (Å²) in [6.07, 6.45) is 4.10. The van der Waals surface area contributed by atoms with Crippen molar-refractivity contribution in [2.24, 2.45) is 0 Å². The molecule has 0 atom stereocenters. The van der Waals surface area contributed by atoms with Crippen molar-refractivity contribution in [3.63, 3.8) is 0 Å². The number of allylic oxidation sites excluding steroid dienone is 1. The van der Waals surface area contributed by atoms with Crippen molar-refractivity contribution in [3.8, 4) is 0 Å². The fourth-order valence-corrected chi connectivity index (χ4v) is 1.98. The van der Waals surface area contributed by atoms with Crippen molar-refractivity contribution in [1.82, 2.24) is 0 Å². The van der Waals surface area contributed by atoms with E-state index >= 15 is 0 Å². The van der Waals surface area contributed by atoms with Crippen LogP contribution in [-0.4, -0.2) is 6.54 Å². The molecule has 0 unspecified atom stereocenters. The average Bonchev–Trinajstić information content (AvgIpc) is 2.09. The second-order valence-electron chi connectivity index (χ2n) is 2.57. The van der Waals surface area contributed by atoms with Crippen LogP contribution in [0.3, 0.4) is 0 Å². The van der Waals surface area contributed by atoms with Gasteiger partial charge in [0, 0.05) is 20.8 Å². The van der Waals surface area contributed by atoms with Gasteiger partial charge in [-0.3, -0.25) is 0 Å². The summed E-state index contributed by atoms with van der Waals surface area (Å²) < 4.78 is 1.15. The number of hydrogen-bond donors (Lipinski definition) is 1. The third-order valence-corrected chi connectivity index (χ3v) is 2.70. The quantitative estimate of drug-likeness (QED) is 0.659. The lowest BCUT2D eigenvalue weighted by Gasteiger charge is -2.05. The van der Waals surface area contributed by atoms with Gasteiger partial charge in [0.25, 0.3) is 0 Å². The first-order valence-electron chi connectivity index (χ1n) is 4.04. The topological polar surface area (TPSA) is 12.0 Å². The van der Waals surface area contributed by atoms with Crippen LogP contribution in [0.25, 0.3) is 0 Å². The van der Waals surface area contributed by atoms with Gasteiger partial charge in [-0.15, -0.1) is 0 Å². The Hall–Kier alpha value is -0.220. The van der Waals surface area contributed by atoms with Crippen molar-refractivity contribution in [2.45, 2.75) is 6.92 Å². The van der Waals surface area contributed by atoms with Crippen molar-refractivity contribution >= 4 is 39.9 Å². The highest BCUT2D eigenvalue weighted by atomic mass is 127. The molecule has 0 bridgehead atoms. The molecule has 0 heterocycles. The van der Waals surface area contributed by atoms with E-state index in [2.05, 4.69) is 34.0 Å². The summed E-state index contributed by atoms with van der Waals surface area (Å²) in [7, 11) is 0. The normalized spacial score (nSPS) is 10.7. The van der Waals surface area contributed by atoms with Crippen molar-refractivity contribution in [1.29, 1.82) is 0 Å². The first kappa shape index (κ1) is 10.9. The molecule has 1 aromatic carbocycles. The van der Waals surface area contributed by atoms with Gasteiger partial charge in [-0.25, -0.2) is 0 Å². The zero-order valence-corrected chi connectivity index (χ0v) is 10.3. The van der Waals surface area contributed by atoms with E-state index in [0.717, 1.165) is 20.8 Å². The Bertz CT molecular complexity index is 310. The minimum absolute atomic E-state index is 0.779. The van der Waals surface area contributed by atoms with Crippen molar-refractivity contribution in [3.05, 3.63) is 38.9 Å². The molecular formula is C10H11ClIN. The molecular weight excluding hydrogens is 296 g/mol. The summed E-state index contributed by atoms with van der Waals surface area (Å²) in [5.41, 5.74) is 1.13. The van der Waals surface area contributed by atoms with E-state index in [-0.39, 0.29) is 0 Å². The molecule has 0 aliphatic heterocycles. The molecule has 1 N–H and O–H groups in total. The van der Waals surface area contributed by atoms with Gasteiger partial charge < -0.3 is 5.32 Å². The number of rotatable bonds is 3. The molecule has 0 radical (unpaired) electrons. The van der Waals surface area contributed by atoms with E-state index in [1.54, 1.807) is 0 Å². The van der Waals surface area contributed by atoms with Crippen LogP contribution in [0.1, 0.15) is 6.92 Å². The summed E-state index contributed by atoms with van der Waals surface area (Å²) in [6, 6.07) is 5.83. The number of halogens is 2. The molecule has 1 aromatic rings. The maximum atomic E-state index is 5.83. The maximum absolute atomic E-state index is 5.83. The third kappa shape index (κ3) is 3.56. The molecule has 3 heteroatoms. The molecule has 1 rings (SSSR count). The fourth-order valence-electron chi connectivity index (χ4n) is 0.920. The van der Waals surface area contributed by atoms with Gasteiger partial charge in [-0.1, -0.05) is 23.8 Å². The van der Waals surface area contributed by atoms with E-state index in [0.29, 0.717) is 0 Å². The Labute approximate surface area is 97.3 Å². The summed E-state index contributed by atoms with van der Waals surface area (Å²) in [4.78, 5) is 0. The minimum atomic E-state index is 0.779. The lowest BCUT2D eigenvalue weighted by molar-refractivity contribution is 1.32. The number of hydrogen-bond acceptors (Lipinski definition) is 1. The van der Waals surface area contributed by atoms with Crippen LogP contribution >= 0.6 is 34.2 Å². The second-order valence-corrected chi connectivity index (χ2v) is 4.17. The van der Waals surface area contributed by atoms with Crippen LogP contribution in [0.15, 0.2) is 30.4 Å². The van der Waals surface area contributed by atoms with Crippen molar-refractivity contribution in [2.75, 3.05) is 11.9 Å². The molecule has 0 saturated carbocycles. The molecule has 70 valence electrons. The van der Waals surface area contributed by atoms with Gasteiger partial charge in [-0.05, 0) is 47.7 Å². The zero-order chi connectivity index (χ0) is 9.68. The van der Waals surface area contributed by atoms with E-state index < -0.39 is 0 Å². The minimum Gasteiger partial charge on any atom is -0.381 e. The lowest BCUT2D eigenvalue weighted by Crippen LogP contribution is -1.99. The SMILES string of the molecule is C/C=C/CNc1ccc(Cl)cc1I. The predicted octanol–water partition coefficient (Wildman–Crippen LogP) is 3.93. The Morgan fingerprint density at radius 3 is 2.92 bits per heavy atom. The van der Waals surface area contributed by atoms with E-state index in [9.17, 15) is 0 Å². The molecule has 1 nitrogen and oxygen atoms in total. The zero-order valence-electron chi connectivity index (χ0n) is 7.35. The van der Waals surface area contributed by atoms with Gasteiger partial charge in [0.2, 0.25) is 0 Å². The van der Waals surface area contributed by atoms with Crippen LogP contribution in [0, 0.1) is 3.57 Å². The third-order valence-electron chi connectivity index (χ3n) is 1.58. The average molecular weight is 308 g/mol. The van der Waals surface area contributed by atoms with Crippen LogP contribution < -0.4 is 5.32 Å². The van der Waals surface area contributed by atoms with Gasteiger partial charge in [0.15, 0.2) is 0 Å². The molecule has 0 aromatic heterocycles. The van der Waals surface area contributed by atoms with Crippen LogP contribution in [0.2, 0.25) is 5.02 Å². The predicted molar refractivity (Wildman–Crippen MR) is 67.5 cm³/mol. The molecule has 13 heavy (non-hydrogen) atoms. The highest BCUT2D eigenvalue weighted by Gasteiger charge is 1.97. The molecule has 0 amide bonds. The number of benzene rings is 1. The smallest absolute Gasteiger partial charge is 0.0479 e. The second kappa shape index (κ2) is 5.50. The van der Waals surface area contributed by atoms with Gasteiger partial charge in [0.1, 0.15) is 0 Å². The van der Waals surface area contributed by atoms with Crippen LogP contribution in [-0.2, 0) is 0 Å². The Kier molecular flexibility index (Phi) is 4.59. The molecule has 0 aliphatic carbocycles. The maximum Gasteiger partial charge on any atom is 0.0479 e. The molecule has 0 aliphatic rings. The summed E-state index contributed by atoms with van der Waals surface area (Å²) in [6.45, 7) is 2.86. The van der Waals surface area contributed by atoms with E-state index in [1.165, 1.54) is 0 Å². The number of anilines is 1. The number of nitrogens with one attached hydrogen (secondary N) is 1. The molecule has 0 saturated heterocycles. The highest BCUT2D eigenvalue weighted by molar-refractivity contribution is 14.1. The first-order chi connectivity index (χ1) is 6.24.